The third kappa shape index (κ3) is 4.56. The van der Waals surface area contributed by atoms with Crippen LogP contribution in [0.2, 0.25) is 0 Å². The van der Waals surface area contributed by atoms with Crippen molar-refractivity contribution in [2.75, 3.05) is 6.54 Å². The normalized spacial score (nSPS) is 27.3. The molecule has 3 unspecified atom stereocenters. The summed E-state index contributed by atoms with van der Waals surface area (Å²) >= 11 is 1.98. The summed E-state index contributed by atoms with van der Waals surface area (Å²) in [6, 6.07) is 2.30. The van der Waals surface area contributed by atoms with E-state index in [4.69, 9.17) is 0 Å². The van der Waals surface area contributed by atoms with Gasteiger partial charge in [-0.2, -0.15) is 0 Å². The van der Waals surface area contributed by atoms with Gasteiger partial charge in [0.2, 0.25) is 0 Å². The zero-order valence-electron chi connectivity index (χ0n) is 14.7. The van der Waals surface area contributed by atoms with Crippen LogP contribution < -0.4 is 5.32 Å². The van der Waals surface area contributed by atoms with E-state index >= 15 is 0 Å². The molecule has 21 heavy (non-hydrogen) atoms. The maximum Gasteiger partial charge on any atom is 0.0109 e. The van der Waals surface area contributed by atoms with Gasteiger partial charge in [-0.1, -0.05) is 13.8 Å². The summed E-state index contributed by atoms with van der Waals surface area (Å²) in [5, 5.41) is 6.03. The van der Waals surface area contributed by atoms with Gasteiger partial charge in [-0.15, -0.1) is 11.3 Å². The van der Waals surface area contributed by atoms with Crippen molar-refractivity contribution in [3.8, 4) is 0 Å². The first-order valence-electron chi connectivity index (χ1n) is 8.57. The van der Waals surface area contributed by atoms with Crippen LogP contribution in [0.1, 0.15) is 70.2 Å². The van der Waals surface area contributed by atoms with Gasteiger partial charge in [-0.3, -0.25) is 0 Å². The van der Waals surface area contributed by atoms with E-state index in [9.17, 15) is 0 Å². The lowest BCUT2D eigenvalue weighted by atomic mass is 9.69. The highest BCUT2D eigenvalue weighted by Crippen LogP contribution is 2.45. The van der Waals surface area contributed by atoms with Gasteiger partial charge in [0.1, 0.15) is 0 Å². The van der Waals surface area contributed by atoms with Gasteiger partial charge in [0.25, 0.3) is 0 Å². The molecule has 1 aromatic rings. The van der Waals surface area contributed by atoms with Crippen LogP contribution in [0.25, 0.3) is 0 Å². The Bertz CT molecular complexity index is 441. The molecule has 1 nitrogen and oxygen atoms in total. The standard InChI is InChI=1S/C19H33NS/c1-13(2)15-7-8-16(12-20-19(4,5)6)17(11-15)18-14(3)9-10-21-18/h9-10,13,15-17,20H,7-8,11-12H2,1-6H3. The van der Waals surface area contributed by atoms with Crippen LogP contribution in [0.4, 0.5) is 0 Å². The fourth-order valence-electron chi connectivity index (χ4n) is 3.64. The molecule has 0 spiro atoms. The molecule has 3 atom stereocenters. The van der Waals surface area contributed by atoms with E-state index in [1.54, 1.807) is 4.88 Å². The molecule has 1 aliphatic carbocycles. The molecule has 1 fully saturated rings. The quantitative estimate of drug-likeness (QED) is 0.763. The lowest BCUT2D eigenvalue weighted by molar-refractivity contribution is 0.184. The van der Waals surface area contributed by atoms with E-state index in [2.05, 4.69) is 58.3 Å². The zero-order valence-corrected chi connectivity index (χ0v) is 15.5. The largest absolute Gasteiger partial charge is 0.312 e. The molecular weight excluding hydrogens is 274 g/mol. The fraction of sp³-hybridized carbons (Fsp3) is 0.789. The van der Waals surface area contributed by atoms with Crippen molar-refractivity contribution in [1.29, 1.82) is 0 Å². The average molecular weight is 308 g/mol. The van der Waals surface area contributed by atoms with Crippen molar-refractivity contribution in [3.05, 3.63) is 21.9 Å². The lowest BCUT2D eigenvalue weighted by Crippen LogP contribution is -2.42. The Balaban J connectivity index is 2.13. The minimum atomic E-state index is 0.226. The SMILES string of the molecule is Cc1ccsc1C1CC(C(C)C)CCC1CNC(C)(C)C. The summed E-state index contributed by atoms with van der Waals surface area (Å²) in [4.78, 5) is 1.65. The molecule has 2 heteroatoms. The molecule has 0 aromatic carbocycles. The predicted molar refractivity (Wildman–Crippen MR) is 95.2 cm³/mol. The third-order valence-electron chi connectivity index (χ3n) is 5.11. The van der Waals surface area contributed by atoms with Crippen LogP contribution in [0.15, 0.2) is 11.4 Å². The molecule has 0 aliphatic heterocycles. The molecule has 0 amide bonds. The summed E-state index contributed by atoms with van der Waals surface area (Å²) in [7, 11) is 0. The lowest BCUT2D eigenvalue weighted by Gasteiger charge is -2.39. The minimum Gasteiger partial charge on any atom is -0.312 e. The summed E-state index contributed by atoms with van der Waals surface area (Å²) < 4.78 is 0. The summed E-state index contributed by atoms with van der Waals surface area (Å²) in [5.41, 5.74) is 1.74. The first kappa shape index (κ1) is 17.0. The van der Waals surface area contributed by atoms with Gasteiger partial charge in [0, 0.05) is 10.4 Å². The first-order valence-corrected chi connectivity index (χ1v) is 9.45. The molecule has 0 bridgehead atoms. The highest BCUT2D eigenvalue weighted by atomic mass is 32.1. The monoisotopic (exact) mass is 307 g/mol. The van der Waals surface area contributed by atoms with E-state index in [0.29, 0.717) is 0 Å². The maximum absolute atomic E-state index is 3.75. The van der Waals surface area contributed by atoms with E-state index < -0.39 is 0 Å². The highest BCUT2D eigenvalue weighted by Gasteiger charge is 2.34. The smallest absolute Gasteiger partial charge is 0.0109 e. The summed E-state index contributed by atoms with van der Waals surface area (Å²) in [5.74, 6) is 3.30. The molecule has 1 saturated carbocycles. The maximum atomic E-state index is 3.75. The van der Waals surface area contributed by atoms with Crippen LogP contribution in [0.5, 0.6) is 0 Å². The van der Waals surface area contributed by atoms with Gasteiger partial charge < -0.3 is 5.32 Å². The van der Waals surface area contributed by atoms with E-state index in [1.165, 1.54) is 24.8 Å². The third-order valence-corrected chi connectivity index (χ3v) is 6.26. The second-order valence-electron chi connectivity index (χ2n) is 8.28. The van der Waals surface area contributed by atoms with Crippen LogP contribution in [-0.2, 0) is 0 Å². The Morgan fingerprint density at radius 1 is 1.29 bits per heavy atom. The van der Waals surface area contributed by atoms with Crippen molar-refractivity contribution < 1.29 is 0 Å². The number of hydrogen-bond acceptors (Lipinski definition) is 2. The van der Waals surface area contributed by atoms with Crippen LogP contribution in [0.3, 0.4) is 0 Å². The Hall–Kier alpha value is -0.340. The molecule has 0 saturated heterocycles. The Morgan fingerprint density at radius 3 is 2.52 bits per heavy atom. The zero-order chi connectivity index (χ0) is 15.6. The number of nitrogens with one attached hydrogen (secondary N) is 1. The second-order valence-corrected chi connectivity index (χ2v) is 9.23. The summed E-state index contributed by atoms with van der Waals surface area (Å²) in [6.07, 6.45) is 4.18. The molecule has 120 valence electrons. The molecule has 1 aromatic heterocycles. The predicted octanol–water partition coefficient (Wildman–Crippen LogP) is 5.60. The summed E-state index contributed by atoms with van der Waals surface area (Å²) in [6.45, 7) is 15.1. The molecule has 1 heterocycles. The molecule has 1 aliphatic rings. The molecule has 0 radical (unpaired) electrons. The van der Waals surface area contributed by atoms with Gasteiger partial charge in [0.05, 0.1) is 0 Å². The van der Waals surface area contributed by atoms with Crippen LogP contribution in [-0.4, -0.2) is 12.1 Å². The molecule has 1 N–H and O–H groups in total. The Kier molecular flexibility index (Phi) is 5.54. The van der Waals surface area contributed by atoms with Crippen molar-refractivity contribution >= 4 is 11.3 Å². The number of rotatable bonds is 4. The highest BCUT2D eigenvalue weighted by molar-refractivity contribution is 7.10. The van der Waals surface area contributed by atoms with Crippen molar-refractivity contribution in [2.45, 2.75) is 72.3 Å². The Labute approximate surface area is 135 Å². The van der Waals surface area contributed by atoms with Gasteiger partial charge >= 0.3 is 0 Å². The topological polar surface area (TPSA) is 12.0 Å². The average Bonchev–Trinajstić information content (AvgIpc) is 2.81. The first-order chi connectivity index (χ1) is 9.78. The van der Waals surface area contributed by atoms with Crippen molar-refractivity contribution in [3.63, 3.8) is 0 Å². The van der Waals surface area contributed by atoms with E-state index in [0.717, 1.165) is 30.2 Å². The Morgan fingerprint density at radius 2 is 2.00 bits per heavy atom. The van der Waals surface area contributed by atoms with Crippen molar-refractivity contribution in [1.82, 2.24) is 5.32 Å². The minimum absolute atomic E-state index is 0.226. The van der Waals surface area contributed by atoms with Crippen molar-refractivity contribution in [2.24, 2.45) is 17.8 Å². The number of hydrogen-bond donors (Lipinski definition) is 1. The fourth-order valence-corrected chi connectivity index (χ4v) is 4.77. The van der Waals surface area contributed by atoms with E-state index in [-0.39, 0.29) is 5.54 Å². The van der Waals surface area contributed by atoms with E-state index in [1.807, 2.05) is 11.3 Å². The van der Waals surface area contributed by atoms with Gasteiger partial charge in [-0.25, -0.2) is 0 Å². The molecular formula is C19H33NS. The second kappa shape index (κ2) is 6.83. The number of aryl methyl sites for hydroxylation is 1. The van der Waals surface area contributed by atoms with Gasteiger partial charge in [0.15, 0.2) is 0 Å². The van der Waals surface area contributed by atoms with Crippen LogP contribution >= 0.6 is 11.3 Å². The number of thiophene rings is 1. The van der Waals surface area contributed by atoms with Gasteiger partial charge in [-0.05, 0) is 94.2 Å². The molecule has 2 rings (SSSR count). The van der Waals surface area contributed by atoms with Crippen LogP contribution in [0, 0.1) is 24.7 Å².